The Labute approximate surface area is 133 Å². The van der Waals surface area contributed by atoms with Gasteiger partial charge < -0.3 is 11.1 Å². The highest BCUT2D eigenvalue weighted by atomic mass is 79.9. The van der Waals surface area contributed by atoms with E-state index in [1.165, 1.54) is 12.1 Å². The predicted octanol–water partition coefficient (Wildman–Crippen LogP) is 3.61. The van der Waals surface area contributed by atoms with Crippen molar-refractivity contribution in [2.45, 2.75) is 0 Å². The Balaban J connectivity index is 2.28. The summed E-state index contributed by atoms with van der Waals surface area (Å²) in [5.41, 5.74) is 5.99. The number of amides is 1. The number of nitrogens with two attached hydrogens (primary N) is 1. The van der Waals surface area contributed by atoms with Crippen molar-refractivity contribution in [3.05, 3.63) is 63.6 Å². The van der Waals surface area contributed by atoms with E-state index in [9.17, 15) is 13.6 Å². The fraction of sp³-hybridized carbons (Fsp3) is 0. The third kappa shape index (κ3) is 3.62. The number of hydrogen-bond donors (Lipinski definition) is 2. The van der Waals surface area contributed by atoms with Crippen molar-refractivity contribution in [1.82, 2.24) is 0 Å². The SMILES string of the molecule is NC(=S)c1cccc(C(=O)Nc2cc(F)c(Br)cc2F)c1. The van der Waals surface area contributed by atoms with E-state index in [1.54, 1.807) is 12.1 Å². The van der Waals surface area contributed by atoms with Crippen molar-refractivity contribution in [2.24, 2.45) is 5.73 Å². The molecule has 0 saturated heterocycles. The fourth-order valence-corrected chi connectivity index (χ4v) is 2.07. The lowest BCUT2D eigenvalue weighted by Gasteiger charge is -2.08. The maximum absolute atomic E-state index is 13.7. The van der Waals surface area contributed by atoms with Crippen molar-refractivity contribution in [1.29, 1.82) is 0 Å². The molecule has 2 aromatic rings. The van der Waals surface area contributed by atoms with Gasteiger partial charge in [-0.3, -0.25) is 4.79 Å². The van der Waals surface area contributed by atoms with Crippen molar-refractivity contribution in [2.75, 3.05) is 5.32 Å². The molecule has 0 unspecified atom stereocenters. The summed E-state index contributed by atoms with van der Waals surface area (Å²) in [5, 5.41) is 2.30. The van der Waals surface area contributed by atoms with E-state index in [0.717, 1.165) is 12.1 Å². The Kier molecular flexibility index (Phi) is 4.64. The van der Waals surface area contributed by atoms with Crippen LogP contribution in [0.5, 0.6) is 0 Å². The highest BCUT2D eigenvalue weighted by molar-refractivity contribution is 9.10. The molecule has 0 aromatic heterocycles. The molecule has 0 spiro atoms. The van der Waals surface area contributed by atoms with Crippen LogP contribution < -0.4 is 11.1 Å². The van der Waals surface area contributed by atoms with Gasteiger partial charge in [-0.25, -0.2) is 8.78 Å². The minimum absolute atomic E-state index is 0.0199. The Morgan fingerprint density at radius 2 is 1.81 bits per heavy atom. The Hall–Kier alpha value is -1.86. The van der Waals surface area contributed by atoms with Gasteiger partial charge in [0.2, 0.25) is 0 Å². The van der Waals surface area contributed by atoms with E-state index < -0.39 is 17.5 Å². The molecule has 0 bridgehead atoms. The van der Waals surface area contributed by atoms with E-state index >= 15 is 0 Å². The summed E-state index contributed by atoms with van der Waals surface area (Å²) in [4.78, 5) is 12.2. The van der Waals surface area contributed by atoms with Crippen LogP contribution in [0.1, 0.15) is 15.9 Å². The molecule has 0 aliphatic rings. The summed E-state index contributed by atoms with van der Waals surface area (Å²) in [7, 11) is 0. The van der Waals surface area contributed by atoms with Gasteiger partial charge in [-0.2, -0.15) is 0 Å². The molecule has 7 heteroatoms. The molecule has 0 saturated carbocycles. The lowest BCUT2D eigenvalue weighted by atomic mass is 10.1. The smallest absolute Gasteiger partial charge is 0.255 e. The van der Waals surface area contributed by atoms with Crippen molar-refractivity contribution < 1.29 is 13.6 Å². The van der Waals surface area contributed by atoms with Crippen LogP contribution >= 0.6 is 28.1 Å². The molecule has 3 N–H and O–H groups in total. The molecular weight excluding hydrogens is 362 g/mol. The minimum atomic E-state index is -0.748. The van der Waals surface area contributed by atoms with Crippen LogP contribution in [0.2, 0.25) is 0 Å². The van der Waals surface area contributed by atoms with Crippen molar-refractivity contribution in [3.63, 3.8) is 0 Å². The second-order valence-corrected chi connectivity index (χ2v) is 5.44. The summed E-state index contributed by atoms with van der Waals surface area (Å²) in [6.45, 7) is 0. The summed E-state index contributed by atoms with van der Waals surface area (Å²) in [5.74, 6) is -2.01. The average molecular weight is 371 g/mol. The highest BCUT2D eigenvalue weighted by Gasteiger charge is 2.13. The first kappa shape index (κ1) is 15.5. The number of rotatable bonds is 3. The first-order valence-corrected chi connectivity index (χ1v) is 6.94. The van der Waals surface area contributed by atoms with Gasteiger partial charge in [0.05, 0.1) is 10.2 Å². The molecule has 21 heavy (non-hydrogen) atoms. The Morgan fingerprint density at radius 3 is 2.48 bits per heavy atom. The molecule has 0 atom stereocenters. The standard InChI is InChI=1S/C14H9BrF2N2OS/c15-9-5-11(17)12(6-10(9)16)19-14(20)8-3-1-2-7(4-8)13(18)21/h1-6H,(H2,18,21)(H,19,20). The van der Waals surface area contributed by atoms with Crippen LogP contribution in [0.25, 0.3) is 0 Å². The third-order valence-electron chi connectivity index (χ3n) is 2.67. The normalized spacial score (nSPS) is 10.2. The van der Waals surface area contributed by atoms with Crippen LogP contribution in [0.4, 0.5) is 14.5 Å². The van der Waals surface area contributed by atoms with Gasteiger partial charge in [-0.1, -0.05) is 24.4 Å². The number of carbonyl (C=O) groups is 1. The van der Waals surface area contributed by atoms with Crippen LogP contribution in [-0.4, -0.2) is 10.9 Å². The largest absolute Gasteiger partial charge is 0.389 e. The number of nitrogens with one attached hydrogen (secondary N) is 1. The van der Waals surface area contributed by atoms with Crippen LogP contribution in [-0.2, 0) is 0 Å². The Morgan fingerprint density at radius 1 is 1.14 bits per heavy atom. The van der Waals surface area contributed by atoms with Gasteiger partial charge in [0.25, 0.3) is 5.91 Å². The van der Waals surface area contributed by atoms with Gasteiger partial charge in [-0.05, 0) is 34.1 Å². The maximum Gasteiger partial charge on any atom is 0.255 e. The zero-order valence-corrected chi connectivity index (χ0v) is 12.9. The van der Waals surface area contributed by atoms with E-state index in [0.29, 0.717) is 5.56 Å². The molecule has 0 aliphatic heterocycles. The van der Waals surface area contributed by atoms with Gasteiger partial charge in [0.15, 0.2) is 0 Å². The van der Waals surface area contributed by atoms with E-state index in [-0.39, 0.29) is 20.7 Å². The predicted molar refractivity (Wildman–Crippen MR) is 84.3 cm³/mol. The lowest BCUT2D eigenvalue weighted by Crippen LogP contribution is -2.15. The van der Waals surface area contributed by atoms with E-state index in [1.807, 2.05) is 0 Å². The number of benzene rings is 2. The number of halogens is 3. The summed E-state index contributed by atoms with van der Waals surface area (Å²) < 4.78 is 27.0. The van der Waals surface area contributed by atoms with Crippen molar-refractivity contribution in [3.8, 4) is 0 Å². The number of anilines is 1. The van der Waals surface area contributed by atoms with Gasteiger partial charge >= 0.3 is 0 Å². The molecule has 108 valence electrons. The number of hydrogen-bond acceptors (Lipinski definition) is 2. The fourth-order valence-electron chi connectivity index (χ4n) is 1.63. The average Bonchev–Trinajstić information content (AvgIpc) is 2.44. The van der Waals surface area contributed by atoms with Crippen LogP contribution in [0.15, 0.2) is 40.9 Å². The summed E-state index contributed by atoms with van der Waals surface area (Å²) in [6.07, 6.45) is 0. The number of thiocarbonyl (C=S) groups is 1. The highest BCUT2D eigenvalue weighted by Crippen LogP contribution is 2.23. The van der Waals surface area contributed by atoms with Gasteiger partial charge in [0, 0.05) is 17.2 Å². The molecule has 0 heterocycles. The molecule has 3 nitrogen and oxygen atoms in total. The number of carbonyl (C=O) groups excluding carboxylic acids is 1. The lowest BCUT2D eigenvalue weighted by molar-refractivity contribution is 0.102. The van der Waals surface area contributed by atoms with Crippen LogP contribution in [0, 0.1) is 11.6 Å². The van der Waals surface area contributed by atoms with Crippen LogP contribution in [0.3, 0.4) is 0 Å². The second-order valence-electron chi connectivity index (χ2n) is 4.15. The third-order valence-corrected chi connectivity index (χ3v) is 3.51. The quantitative estimate of drug-likeness (QED) is 0.640. The molecule has 0 fully saturated rings. The van der Waals surface area contributed by atoms with Gasteiger partial charge in [-0.15, -0.1) is 0 Å². The Bertz CT molecular complexity index is 737. The molecule has 1 amide bonds. The van der Waals surface area contributed by atoms with Gasteiger partial charge in [0.1, 0.15) is 16.6 Å². The monoisotopic (exact) mass is 370 g/mol. The van der Waals surface area contributed by atoms with Crippen molar-refractivity contribution >= 4 is 44.7 Å². The van der Waals surface area contributed by atoms with E-state index in [4.69, 9.17) is 18.0 Å². The topological polar surface area (TPSA) is 55.1 Å². The molecular formula is C14H9BrF2N2OS. The summed E-state index contributed by atoms with van der Waals surface area (Å²) in [6, 6.07) is 8.08. The molecule has 0 aliphatic carbocycles. The first-order chi connectivity index (χ1) is 9.88. The first-order valence-electron chi connectivity index (χ1n) is 5.74. The maximum atomic E-state index is 13.7. The molecule has 2 aromatic carbocycles. The minimum Gasteiger partial charge on any atom is -0.389 e. The zero-order chi connectivity index (χ0) is 15.6. The molecule has 0 radical (unpaired) electrons. The zero-order valence-electron chi connectivity index (χ0n) is 10.5. The molecule has 2 rings (SSSR count). The summed E-state index contributed by atoms with van der Waals surface area (Å²) >= 11 is 7.68. The van der Waals surface area contributed by atoms with E-state index in [2.05, 4.69) is 21.2 Å². The second kappa shape index (κ2) is 6.28.